The Morgan fingerprint density at radius 3 is 1.89 bits per heavy atom. The van der Waals surface area contributed by atoms with Crippen LogP contribution in [0.5, 0.6) is 0 Å². The fraction of sp³-hybridized carbons (Fsp3) is 0.320. The highest BCUT2D eigenvalue weighted by molar-refractivity contribution is 7.23. The number of fused-ring (bicyclic) bond motifs is 2. The van der Waals surface area contributed by atoms with Crippen molar-refractivity contribution in [2.45, 2.75) is 40.2 Å². The van der Waals surface area contributed by atoms with Gasteiger partial charge in [0, 0.05) is 0 Å². The number of benzene rings is 2. The highest BCUT2D eigenvalue weighted by Gasteiger charge is 2.19. The van der Waals surface area contributed by atoms with E-state index < -0.39 is 17.7 Å². The predicted molar refractivity (Wildman–Crippen MR) is 145 cm³/mol. The molecule has 3 N–H and O–H groups in total. The van der Waals surface area contributed by atoms with E-state index in [1.807, 2.05) is 6.07 Å². The zero-order valence-corrected chi connectivity index (χ0v) is 22.7. The summed E-state index contributed by atoms with van der Waals surface area (Å²) < 4.78 is 16.6. The number of aromatic nitrogens is 2. The zero-order chi connectivity index (χ0) is 27.2. The zero-order valence-electron chi connectivity index (χ0n) is 21.1. The Balaban J connectivity index is 0.000000220. The van der Waals surface area contributed by atoms with Crippen LogP contribution in [-0.2, 0) is 14.2 Å². The molecule has 4 aromatic rings. The van der Waals surface area contributed by atoms with E-state index in [9.17, 15) is 14.4 Å². The number of nitrogens with zero attached hydrogens (tertiary/aromatic N) is 2. The first-order valence-electron chi connectivity index (χ1n) is 11.4. The van der Waals surface area contributed by atoms with E-state index in [4.69, 9.17) is 19.9 Å². The minimum absolute atomic E-state index is 0.303. The third-order valence-corrected chi connectivity index (χ3v) is 6.40. The molecule has 0 unspecified atom stereocenters. The molecule has 2 aromatic carbocycles. The molecular weight excluding hydrogens is 516 g/mol. The maximum absolute atomic E-state index is 11.9. The van der Waals surface area contributed by atoms with E-state index in [1.54, 1.807) is 65.0 Å². The SMILES string of the molecule is CCOC(=O)c1cccc2nc(N)sc12.CCOC(=O)c1cccc2nc(NC(=O)OC(C)(C)C)sc12. The number of thiazole rings is 2. The van der Waals surface area contributed by atoms with Gasteiger partial charge in [-0.2, -0.15) is 0 Å². The number of ether oxygens (including phenoxy) is 3. The fourth-order valence-electron chi connectivity index (χ4n) is 3.10. The van der Waals surface area contributed by atoms with Gasteiger partial charge in [-0.25, -0.2) is 24.4 Å². The quantitative estimate of drug-likeness (QED) is 0.233. The van der Waals surface area contributed by atoms with Crippen molar-refractivity contribution in [1.82, 2.24) is 9.97 Å². The molecule has 0 spiro atoms. The molecule has 0 atom stereocenters. The molecule has 0 radical (unpaired) electrons. The molecule has 1 amide bonds. The van der Waals surface area contributed by atoms with Crippen LogP contribution in [0.3, 0.4) is 0 Å². The topological polar surface area (TPSA) is 143 Å². The Labute approximate surface area is 221 Å². The largest absolute Gasteiger partial charge is 0.462 e. The lowest BCUT2D eigenvalue weighted by Crippen LogP contribution is -2.27. The third-order valence-electron chi connectivity index (χ3n) is 4.45. The van der Waals surface area contributed by atoms with Gasteiger partial charge in [0.2, 0.25) is 0 Å². The number of nitrogens with one attached hydrogen (secondary N) is 1. The van der Waals surface area contributed by atoms with Gasteiger partial charge in [0.1, 0.15) is 5.60 Å². The van der Waals surface area contributed by atoms with Gasteiger partial charge in [0.25, 0.3) is 0 Å². The number of carbonyl (C=O) groups excluding carboxylic acids is 3. The van der Waals surface area contributed by atoms with Crippen LogP contribution in [0.4, 0.5) is 15.1 Å². The Morgan fingerprint density at radius 2 is 1.38 bits per heavy atom. The van der Waals surface area contributed by atoms with Crippen LogP contribution in [0.25, 0.3) is 20.4 Å². The van der Waals surface area contributed by atoms with Gasteiger partial charge in [-0.3, -0.25) is 5.32 Å². The van der Waals surface area contributed by atoms with Crippen molar-refractivity contribution in [1.29, 1.82) is 0 Å². The van der Waals surface area contributed by atoms with Gasteiger partial charge in [-0.1, -0.05) is 34.8 Å². The summed E-state index contributed by atoms with van der Waals surface area (Å²) in [7, 11) is 0. The van der Waals surface area contributed by atoms with Crippen LogP contribution in [-0.4, -0.2) is 46.8 Å². The third kappa shape index (κ3) is 7.37. The lowest BCUT2D eigenvalue weighted by Gasteiger charge is -2.18. The van der Waals surface area contributed by atoms with Crippen LogP contribution in [0.1, 0.15) is 55.3 Å². The molecule has 0 bridgehead atoms. The molecule has 2 aromatic heterocycles. The van der Waals surface area contributed by atoms with E-state index in [0.29, 0.717) is 44.8 Å². The minimum Gasteiger partial charge on any atom is -0.462 e. The first-order valence-corrected chi connectivity index (χ1v) is 13.0. The highest BCUT2D eigenvalue weighted by atomic mass is 32.1. The summed E-state index contributed by atoms with van der Waals surface area (Å²) in [4.78, 5) is 43.7. The minimum atomic E-state index is -0.586. The summed E-state index contributed by atoms with van der Waals surface area (Å²) in [6.07, 6.45) is -0.579. The lowest BCUT2D eigenvalue weighted by molar-refractivity contribution is 0.0519. The molecule has 0 saturated carbocycles. The molecule has 0 saturated heterocycles. The second kappa shape index (κ2) is 12.0. The Morgan fingerprint density at radius 1 is 0.865 bits per heavy atom. The molecule has 37 heavy (non-hydrogen) atoms. The van der Waals surface area contributed by atoms with E-state index in [0.717, 1.165) is 10.2 Å². The van der Waals surface area contributed by atoms with Gasteiger partial charge in [0.05, 0.1) is 44.8 Å². The summed E-state index contributed by atoms with van der Waals surface area (Å²) in [5, 5.41) is 3.42. The standard InChI is InChI=1S/C15H18N2O4S.C10H10N2O2S/c1-5-20-12(18)9-7-6-8-10-11(9)22-13(16-10)17-14(19)21-15(2,3)4;1-2-14-9(13)6-4-3-5-7-8(6)15-10(11)12-7/h6-8H,5H2,1-4H3,(H,16,17,19);3-5H,2H2,1H3,(H2,11,12). The highest BCUT2D eigenvalue weighted by Crippen LogP contribution is 2.30. The van der Waals surface area contributed by atoms with Crippen molar-refractivity contribution in [3.05, 3.63) is 47.5 Å². The maximum Gasteiger partial charge on any atom is 0.413 e. The van der Waals surface area contributed by atoms with Crippen molar-refractivity contribution >= 4 is 71.4 Å². The number of hydrogen-bond donors (Lipinski definition) is 2. The summed E-state index contributed by atoms with van der Waals surface area (Å²) >= 11 is 2.51. The monoisotopic (exact) mass is 544 g/mol. The molecule has 10 nitrogen and oxygen atoms in total. The number of amides is 1. The van der Waals surface area contributed by atoms with Crippen molar-refractivity contribution in [2.24, 2.45) is 0 Å². The van der Waals surface area contributed by atoms with Gasteiger partial charge in [-0.15, -0.1) is 0 Å². The van der Waals surface area contributed by atoms with Crippen molar-refractivity contribution in [3.63, 3.8) is 0 Å². The molecule has 12 heteroatoms. The normalized spacial score (nSPS) is 10.9. The number of nitrogen functional groups attached to an aromatic ring is 1. The summed E-state index contributed by atoms with van der Waals surface area (Å²) in [6, 6.07) is 10.5. The molecule has 196 valence electrons. The van der Waals surface area contributed by atoms with E-state index in [1.165, 1.54) is 22.7 Å². The molecular formula is C25H28N4O6S2. The second-order valence-electron chi connectivity index (χ2n) is 8.45. The van der Waals surface area contributed by atoms with Crippen LogP contribution >= 0.6 is 22.7 Å². The summed E-state index contributed by atoms with van der Waals surface area (Å²) in [5.41, 5.74) is 7.34. The van der Waals surface area contributed by atoms with Crippen LogP contribution in [0.15, 0.2) is 36.4 Å². The molecule has 0 aliphatic carbocycles. The van der Waals surface area contributed by atoms with Gasteiger partial charge >= 0.3 is 18.0 Å². The number of carbonyl (C=O) groups is 3. The van der Waals surface area contributed by atoms with E-state index in [-0.39, 0.29) is 5.97 Å². The molecule has 2 heterocycles. The van der Waals surface area contributed by atoms with Crippen molar-refractivity contribution in [2.75, 3.05) is 24.3 Å². The average Bonchev–Trinajstić information content (AvgIpc) is 3.39. The number of nitrogens with two attached hydrogens (primary N) is 1. The first-order chi connectivity index (χ1) is 17.5. The molecule has 0 aliphatic rings. The molecule has 0 fully saturated rings. The Kier molecular flexibility index (Phi) is 9.00. The van der Waals surface area contributed by atoms with Gasteiger partial charge < -0.3 is 19.9 Å². The number of esters is 2. The number of hydrogen-bond acceptors (Lipinski definition) is 11. The van der Waals surface area contributed by atoms with Gasteiger partial charge in [0.15, 0.2) is 10.3 Å². The maximum atomic E-state index is 11.9. The lowest BCUT2D eigenvalue weighted by atomic mass is 10.2. The van der Waals surface area contributed by atoms with Crippen LogP contribution in [0, 0.1) is 0 Å². The predicted octanol–water partition coefficient (Wildman–Crippen LogP) is 5.88. The van der Waals surface area contributed by atoms with Crippen molar-refractivity contribution in [3.8, 4) is 0 Å². The van der Waals surface area contributed by atoms with E-state index >= 15 is 0 Å². The number of anilines is 2. The first kappa shape index (κ1) is 27.8. The number of rotatable bonds is 5. The Bertz CT molecular complexity index is 1420. The second-order valence-corrected chi connectivity index (χ2v) is 10.5. The fourth-order valence-corrected chi connectivity index (χ4v) is 4.88. The molecule has 0 aliphatic heterocycles. The van der Waals surface area contributed by atoms with Crippen molar-refractivity contribution < 1.29 is 28.6 Å². The average molecular weight is 545 g/mol. The van der Waals surface area contributed by atoms with Crippen LogP contribution in [0.2, 0.25) is 0 Å². The summed E-state index contributed by atoms with van der Waals surface area (Å²) in [6.45, 7) is 9.54. The van der Waals surface area contributed by atoms with E-state index in [2.05, 4.69) is 15.3 Å². The Hall–Kier alpha value is -3.77. The van der Waals surface area contributed by atoms with Gasteiger partial charge in [-0.05, 0) is 58.9 Å². The smallest absolute Gasteiger partial charge is 0.413 e. The van der Waals surface area contributed by atoms with Crippen LogP contribution < -0.4 is 11.1 Å². The molecule has 4 rings (SSSR count). The summed E-state index contributed by atoms with van der Waals surface area (Å²) in [5.74, 6) is -0.729.